The van der Waals surface area contributed by atoms with E-state index in [4.69, 9.17) is 19.2 Å². The minimum atomic E-state index is -0.0273. The summed E-state index contributed by atoms with van der Waals surface area (Å²) in [7, 11) is 0. The van der Waals surface area contributed by atoms with Crippen molar-refractivity contribution in [3.05, 3.63) is 23.8 Å². The van der Waals surface area contributed by atoms with Gasteiger partial charge in [0.1, 0.15) is 0 Å². The van der Waals surface area contributed by atoms with Crippen LogP contribution in [0.15, 0.2) is 23.2 Å². The van der Waals surface area contributed by atoms with Crippen molar-refractivity contribution in [3.8, 4) is 11.5 Å². The lowest BCUT2D eigenvalue weighted by molar-refractivity contribution is 0.0530. The van der Waals surface area contributed by atoms with Crippen molar-refractivity contribution in [1.82, 2.24) is 10.6 Å². The summed E-state index contributed by atoms with van der Waals surface area (Å²) < 4.78 is 16.7. The maximum absolute atomic E-state index is 5.66. The number of guanidine groups is 1. The molecule has 3 rings (SSSR count). The molecule has 0 aromatic heterocycles. The summed E-state index contributed by atoms with van der Waals surface area (Å²) in [6.07, 6.45) is 6.47. The van der Waals surface area contributed by atoms with E-state index in [9.17, 15) is 0 Å². The molecule has 2 N–H and O–H groups in total. The SMILES string of the molecule is CCNC(=NCC1(c2ccc3c(c2)OCO3)CCOCC1)NCCCCSC.I. The van der Waals surface area contributed by atoms with Gasteiger partial charge in [-0.05, 0) is 62.3 Å². The summed E-state index contributed by atoms with van der Waals surface area (Å²) in [5.41, 5.74) is 1.24. The quantitative estimate of drug-likeness (QED) is 0.217. The molecule has 1 saturated heterocycles. The smallest absolute Gasteiger partial charge is 0.231 e. The van der Waals surface area contributed by atoms with Crippen LogP contribution in [-0.4, -0.2) is 57.6 Å². The van der Waals surface area contributed by atoms with Gasteiger partial charge in [-0.25, -0.2) is 0 Å². The van der Waals surface area contributed by atoms with Gasteiger partial charge in [-0.1, -0.05) is 6.07 Å². The van der Waals surface area contributed by atoms with Gasteiger partial charge in [0.15, 0.2) is 17.5 Å². The van der Waals surface area contributed by atoms with Gasteiger partial charge in [0.05, 0.1) is 6.54 Å². The average Bonchev–Trinajstić information content (AvgIpc) is 3.20. The molecule has 8 heteroatoms. The molecule has 1 fully saturated rings. The van der Waals surface area contributed by atoms with E-state index in [-0.39, 0.29) is 29.4 Å². The van der Waals surface area contributed by atoms with E-state index < -0.39 is 0 Å². The first kappa shape index (κ1) is 24.4. The van der Waals surface area contributed by atoms with E-state index in [0.29, 0.717) is 6.79 Å². The minimum Gasteiger partial charge on any atom is -0.454 e. The summed E-state index contributed by atoms with van der Waals surface area (Å²) in [4.78, 5) is 4.96. The Labute approximate surface area is 195 Å². The molecule has 29 heavy (non-hydrogen) atoms. The Bertz CT molecular complexity index is 654. The Morgan fingerprint density at radius 2 is 1.93 bits per heavy atom. The fraction of sp³-hybridized carbons (Fsp3) is 0.667. The number of thioether (sulfide) groups is 1. The number of nitrogens with one attached hydrogen (secondary N) is 2. The van der Waals surface area contributed by atoms with Gasteiger partial charge in [-0.3, -0.25) is 4.99 Å². The van der Waals surface area contributed by atoms with E-state index in [1.54, 1.807) is 0 Å². The van der Waals surface area contributed by atoms with Crippen LogP contribution in [-0.2, 0) is 10.2 Å². The molecule has 0 amide bonds. The fourth-order valence-corrected chi connectivity index (χ4v) is 4.17. The molecule has 0 radical (unpaired) electrons. The third-order valence-electron chi connectivity index (χ3n) is 5.39. The predicted molar refractivity (Wildman–Crippen MR) is 131 cm³/mol. The van der Waals surface area contributed by atoms with Crippen molar-refractivity contribution in [3.63, 3.8) is 0 Å². The fourth-order valence-electron chi connectivity index (χ4n) is 3.68. The predicted octanol–water partition coefficient (Wildman–Crippen LogP) is 3.78. The molecule has 0 spiro atoms. The highest BCUT2D eigenvalue weighted by atomic mass is 127. The van der Waals surface area contributed by atoms with E-state index in [0.717, 1.165) is 69.6 Å². The van der Waals surface area contributed by atoms with Crippen LogP contribution in [0.2, 0.25) is 0 Å². The highest BCUT2D eigenvalue weighted by Gasteiger charge is 2.35. The van der Waals surface area contributed by atoms with Crippen LogP contribution in [0.25, 0.3) is 0 Å². The largest absolute Gasteiger partial charge is 0.454 e. The molecule has 0 atom stereocenters. The number of nitrogens with zero attached hydrogens (tertiary/aromatic N) is 1. The Kier molecular flexibility index (Phi) is 10.7. The summed E-state index contributed by atoms with van der Waals surface area (Å²) in [6.45, 7) is 6.48. The molecule has 0 saturated carbocycles. The molecule has 2 heterocycles. The molecule has 1 aromatic rings. The zero-order chi connectivity index (χ0) is 19.7. The van der Waals surface area contributed by atoms with Crippen LogP contribution in [0.3, 0.4) is 0 Å². The van der Waals surface area contributed by atoms with E-state index >= 15 is 0 Å². The highest BCUT2D eigenvalue weighted by Crippen LogP contribution is 2.41. The Morgan fingerprint density at radius 1 is 1.14 bits per heavy atom. The number of hydrogen-bond donors (Lipinski definition) is 2. The standard InChI is InChI=1S/C21H33N3O3S.HI/c1-3-22-20(23-10-4-5-13-28-2)24-15-21(8-11-25-12-9-21)17-6-7-18-19(14-17)27-16-26-18;/h6-7,14H,3-5,8-13,15-16H2,1-2H3,(H2,22,23,24);1H. The Hall–Kier alpha value is -0.870. The van der Waals surface area contributed by atoms with Crippen LogP contribution in [0.1, 0.15) is 38.2 Å². The van der Waals surface area contributed by atoms with Crippen molar-refractivity contribution in [2.45, 2.75) is 38.0 Å². The van der Waals surface area contributed by atoms with Crippen molar-refractivity contribution >= 4 is 41.7 Å². The van der Waals surface area contributed by atoms with Gasteiger partial charge < -0.3 is 24.8 Å². The van der Waals surface area contributed by atoms with Crippen molar-refractivity contribution in [2.75, 3.05) is 51.6 Å². The molecule has 0 unspecified atom stereocenters. The van der Waals surface area contributed by atoms with Crippen LogP contribution < -0.4 is 20.1 Å². The maximum atomic E-state index is 5.66. The summed E-state index contributed by atoms with van der Waals surface area (Å²) in [6, 6.07) is 6.32. The van der Waals surface area contributed by atoms with Gasteiger partial charge in [-0.2, -0.15) is 11.8 Å². The van der Waals surface area contributed by atoms with Gasteiger partial charge >= 0.3 is 0 Å². The number of hydrogen-bond acceptors (Lipinski definition) is 5. The molecule has 6 nitrogen and oxygen atoms in total. The van der Waals surface area contributed by atoms with Gasteiger partial charge in [0.2, 0.25) is 6.79 Å². The van der Waals surface area contributed by atoms with Crippen molar-refractivity contribution in [2.24, 2.45) is 4.99 Å². The molecule has 2 aliphatic rings. The first-order valence-corrected chi connectivity index (χ1v) is 11.7. The van der Waals surface area contributed by atoms with Crippen LogP contribution in [0.5, 0.6) is 11.5 Å². The molecule has 0 bridgehead atoms. The molecule has 2 aliphatic heterocycles. The number of halogens is 1. The molecule has 164 valence electrons. The zero-order valence-electron chi connectivity index (χ0n) is 17.5. The highest BCUT2D eigenvalue weighted by molar-refractivity contribution is 14.0. The lowest BCUT2D eigenvalue weighted by Crippen LogP contribution is -2.41. The van der Waals surface area contributed by atoms with Gasteiger partial charge in [0, 0.05) is 31.7 Å². The first-order valence-electron chi connectivity index (χ1n) is 10.3. The Balaban J connectivity index is 0.00000300. The summed E-state index contributed by atoms with van der Waals surface area (Å²) in [5, 5.41) is 6.86. The van der Waals surface area contributed by atoms with Crippen molar-refractivity contribution < 1.29 is 14.2 Å². The van der Waals surface area contributed by atoms with E-state index in [1.165, 1.54) is 17.7 Å². The number of ether oxygens (including phenoxy) is 3. The number of benzene rings is 1. The van der Waals surface area contributed by atoms with Crippen LogP contribution in [0, 0.1) is 0 Å². The second-order valence-corrected chi connectivity index (χ2v) is 8.27. The average molecular weight is 535 g/mol. The van der Waals surface area contributed by atoms with Crippen molar-refractivity contribution in [1.29, 1.82) is 0 Å². The lowest BCUT2D eigenvalue weighted by Gasteiger charge is -2.36. The topological polar surface area (TPSA) is 64.1 Å². The van der Waals surface area contributed by atoms with Gasteiger partial charge in [-0.15, -0.1) is 24.0 Å². The lowest BCUT2D eigenvalue weighted by atomic mass is 9.74. The normalized spacial score (nSPS) is 17.5. The minimum absolute atomic E-state index is 0. The Morgan fingerprint density at radius 3 is 2.69 bits per heavy atom. The molecule has 0 aliphatic carbocycles. The second kappa shape index (κ2) is 12.7. The number of unbranched alkanes of at least 4 members (excludes halogenated alkanes) is 1. The maximum Gasteiger partial charge on any atom is 0.231 e. The van der Waals surface area contributed by atoms with Crippen LogP contribution >= 0.6 is 35.7 Å². The number of rotatable bonds is 9. The number of aliphatic imine (C=N–C) groups is 1. The van der Waals surface area contributed by atoms with Crippen LogP contribution in [0.4, 0.5) is 0 Å². The first-order chi connectivity index (χ1) is 13.8. The molecular weight excluding hydrogens is 501 g/mol. The monoisotopic (exact) mass is 535 g/mol. The third-order valence-corrected chi connectivity index (χ3v) is 6.08. The zero-order valence-corrected chi connectivity index (χ0v) is 20.6. The van der Waals surface area contributed by atoms with Gasteiger partial charge in [0.25, 0.3) is 0 Å². The molecular formula is C21H34IN3O3S. The summed E-state index contributed by atoms with van der Waals surface area (Å²) in [5.74, 6) is 3.78. The second-order valence-electron chi connectivity index (χ2n) is 7.28. The van der Waals surface area contributed by atoms with E-state index in [1.807, 2.05) is 17.8 Å². The summed E-state index contributed by atoms with van der Waals surface area (Å²) >= 11 is 1.90. The van der Waals surface area contributed by atoms with E-state index in [2.05, 4.69) is 35.9 Å². The number of fused-ring (bicyclic) bond motifs is 1. The molecule has 1 aromatic carbocycles. The third kappa shape index (κ3) is 6.82.